The zero-order valence-corrected chi connectivity index (χ0v) is 20.4. The molecule has 3 rings (SSSR count). The van der Waals surface area contributed by atoms with E-state index in [4.69, 9.17) is 4.74 Å². The molecule has 0 radical (unpaired) electrons. The van der Waals surface area contributed by atoms with Crippen LogP contribution in [0.15, 0.2) is 87.6 Å². The maximum absolute atomic E-state index is 13.6. The first-order valence-corrected chi connectivity index (χ1v) is 11.1. The molecule has 1 aliphatic rings. The van der Waals surface area contributed by atoms with E-state index in [9.17, 15) is 8.78 Å². The summed E-state index contributed by atoms with van der Waals surface area (Å²) in [6, 6.07) is 12.4. The van der Waals surface area contributed by atoms with Crippen molar-refractivity contribution < 1.29 is 13.5 Å². The Hall–Kier alpha value is -3.67. The molecule has 0 aliphatic carbocycles. The van der Waals surface area contributed by atoms with Gasteiger partial charge < -0.3 is 4.74 Å². The molecule has 0 saturated heterocycles. The molecule has 178 valence electrons. The van der Waals surface area contributed by atoms with Crippen LogP contribution in [0.3, 0.4) is 0 Å². The molecule has 6 heteroatoms. The smallest absolute Gasteiger partial charge is 0.169 e. The van der Waals surface area contributed by atoms with E-state index in [1.54, 1.807) is 27.2 Å². The minimum Gasteiger partial charge on any atom is -0.501 e. The first-order chi connectivity index (χ1) is 16.4. The number of hydrogen-bond donors (Lipinski definition) is 0. The number of benzene rings is 2. The van der Waals surface area contributed by atoms with Gasteiger partial charge in [-0.1, -0.05) is 56.8 Å². The Morgan fingerprint density at radius 1 is 1.09 bits per heavy atom. The van der Waals surface area contributed by atoms with Gasteiger partial charge in [0.05, 0.1) is 24.1 Å². The molecular formula is C28H31F2N3O. The van der Waals surface area contributed by atoms with Crippen LogP contribution in [0.4, 0.5) is 8.78 Å². The summed E-state index contributed by atoms with van der Waals surface area (Å²) in [6.07, 6.45) is 7.23. The van der Waals surface area contributed by atoms with Gasteiger partial charge in [0.25, 0.3) is 0 Å². The Balaban J connectivity index is 0.000000242. The zero-order chi connectivity index (χ0) is 25.1. The molecule has 0 saturated carbocycles. The topological polar surface area (TPSA) is 46.3 Å². The SMILES string of the molecule is C/C=C1/N=C(c2cccc(F)c2F)N=C1C=NC.C=C(/C=C(/CC)OC)c1ccc(CC)cc1. The number of amidine groups is 1. The molecule has 0 aromatic heterocycles. The van der Waals surface area contributed by atoms with E-state index in [0.717, 1.165) is 35.8 Å². The predicted molar refractivity (Wildman–Crippen MR) is 139 cm³/mol. The molecule has 0 N–H and O–H groups in total. The van der Waals surface area contributed by atoms with E-state index >= 15 is 0 Å². The Kier molecular flexibility index (Phi) is 10.3. The van der Waals surface area contributed by atoms with E-state index in [2.05, 4.69) is 59.7 Å². The predicted octanol–water partition coefficient (Wildman–Crippen LogP) is 6.97. The molecule has 2 aromatic rings. The van der Waals surface area contributed by atoms with Gasteiger partial charge in [-0.15, -0.1) is 0 Å². The van der Waals surface area contributed by atoms with Gasteiger partial charge >= 0.3 is 0 Å². The van der Waals surface area contributed by atoms with E-state index in [0.29, 0.717) is 11.4 Å². The summed E-state index contributed by atoms with van der Waals surface area (Å²) >= 11 is 0. The molecule has 1 heterocycles. The van der Waals surface area contributed by atoms with Crippen molar-refractivity contribution in [3.05, 3.63) is 101 Å². The van der Waals surface area contributed by atoms with Crippen molar-refractivity contribution in [1.29, 1.82) is 0 Å². The molecule has 0 bridgehead atoms. The second-order valence-electron chi connectivity index (χ2n) is 7.34. The summed E-state index contributed by atoms with van der Waals surface area (Å²) in [6.45, 7) is 10.1. The number of methoxy groups -OCH3 is 1. The first kappa shape index (κ1) is 26.6. The molecular weight excluding hydrogens is 432 g/mol. The number of allylic oxidation sites excluding steroid dienone is 5. The fourth-order valence-electron chi connectivity index (χ4n) is 3.13. The highest BCUT2D eigenvalue weighted by Gasteiger charge is 2.19. The number of rotatable bonds is 7. The molecule has 0 spiro atoms. The maximum Gasteiger partial charge on any atom is 0.169 e. The Labute approximate surface area is 200 Å². The lowest BCUT2D eigenvalue weighted by Gasteiger charge is -2.06. The van der Waals surface area contributed by atoms with Gasteiger partial charge in [-0.05, 0) is 48.3 Å². The molecule has 0 atom stereocenters. The van der Waals surface area contributed by atoms with Crippen LogP contribution in [-0.2, 0) is 11.2 Å². The number of halogens is 2. The molecule has 4 nitrogen and oxygen atoms in total. The van der Waals surface area contributed by atoms with Crippen LogP contribution in [0, 0.1) is 11.6 Å². The number of aliphatic imine (C=N–C) groups is 3. The van der Waals surface area contributed by atoms with Gasteiger partial charge in [-0.25, -0.2) is 18.8 Å². The monoisotopic (exact) mass is 463 g/mol. The van der Waals surface area contributed by atoms with Gasteiger partial charge in [0.1, 0.15) is 5.71 Å². The maximum atomic E-state index is 13.6. The third-order valence-electron chi connectivity index (χ3n) is 5.11. The van der Waals surface area contributed by atoms with Crippen molar-refractivity contribution in [2.45, 2.75) is 33.6 Å². The minimum absolute atomic E-state index is 0.0499. The van der Waals surface area contributed by atoms with Crippen molar-refractivity contribution in [1.82, 2.24) is 0 Å². The largest absolute Gasteiger partial charge is 0.501 e. The normalized spacial score (nSPS) is 14.6. The zero-order valence-electron chi connectivity index (χ0n) is 20.4. The number of aryl methyl sites for hydroxylation is 1. The molecule has 2 aromatic carbocycles. The summed E-state index contributed by atoms with van der Waals surface area (Å²) in [5.74, 6) is -0.727. The van der Waals surface area contributed by atoms with Crippen LogP contribution in [0.2, 0.25) is 0 Å². The van der Waals surface area contributed by atoms with Gasteiger partial charge in [-0.3, -0.25) is 4.99 Å². The van der Waals surface area contributed by atoms with E-state index in [1.807, 2.05) is 6.08 Å². The Bertz CT molecular complexity index is 1150. The molecule has 0 fully saturated rings. The van der Waals surface area contributed by atoms with E-state index < -0.39 is 11.6 Å². The van der Waals surface area contributed by atoms with Crippen molar-refractivity contribution in [2.24, 2.45) is 15.0 Å². The number of nitrogens with zero attached hydrogens (tertiary/aromatic N) is 3. The van der Waals surface area contributed by atoms with E-state index in [1.165, 1.54) is 23.9 Å². The third-order valence-corrected chi connectivity index (χ3v) is 5.11. The lowest BCUT2D eigenvalue weighted by molar-refractivity contribution is 0.281. The molecule has 0 unspecified atom stereocenters. The van der Waals surface area contributed by atoms with Crippen molar-refractivity contribution in [3.8, 4) is 0 Å². The lowest BCUT2D eigenvalue weighted by atomic mass is 10.0. The highest BCUT2D eigenvalue weighted by Crippen LogP contribution is 2.20. The second kappa shape index (κ2) is 13.1. The summed E-state index contributed by atoms with van der Waals surface area (Å²) in [5, 5.41) is 0. The van der Waals surface area contributed by atoms with Crippen LogP contribution in [0.1, 0.15) is 43.9 Å². The quantitative estimate of drug-likeness (QED) is 0.248. The van der Waals surface area contributed by atoms with E-state index in [-0.39, 0.29) is 11.4 Å². The second-order valence-corrected chi connectivity index (χ2v) is 7.34. The van der Waals surface area contributed by atoms with Gasteiger partial charge in [0, 0.05) is 19.7 Å². The van der Waals surface area contributed by atoms with Gasteiger partial charge in [0.2, 0.25) is 0 Å². The van der Waals surface area contributed by atoms with Crippen LogP contribution in [0.25, 0.3) is 5.57 Å². The highest BCUT2D eigenvalue weighted by molar-refractivity contribution is 6.42. The van der Waals surface area contributed by atoms with Gasteiger partial charge in [-0.2, -0.15) is 0 Å². The van der Waals surface area contributed by atoms with Crippen molar-refractivity contribution in [2.75, 3.05) is 14.2 Å². The number of ether oxygens (including phenoxy) is 1. The van der Waals surface area contributed by atoms with Crippen molar-refractivity contribution in [3.63, 3.8) is 0 Å². The Morgan fingerprint density at radius 3 is 2.35 bits per heavy atom. The Morgan fingerprint density at radius 2 is 1.79 bits per heavy atom. The lowest BCUT2D eigenvalue weighted by Crippen LogP contribution is -2.02. The van der Waals surface area contributed by atoms with Crippen LogP contribution in [0.5, 0.6) is 0 Å². The standard InChI is InChI=1S/C15H20O.C13H11F2N3/c1-5-13-7-9-14(10-8-13)12(3)11-15(6-2)16-4;1-3-10-11(7-16-2)18-13(17-10)8-5-4-6-9(14)12(8)15/h7-11H,3,5-6H2,1-2,4H3;3-7H,1-2H3/b15-11-;10-3+,16-7?. The fourth-order valence-corrected chi connectivity index (χ4v) is 3.13. The third kappa shape index (κ3) is 6.91. The summed E-state index contributed by atoms with van der Waals surface area (Å²) < 4.78 is 32.0. The summed E-state index contributed by atoms with van der Waals surface area (Å²) in [5.41, 5.74) is 4.69. The fraction of sp³-hybridized carbons (Fsp3) is 0.250. The van der Waals surface area contributed by atoms with Crippen LogP contribution < -0.4 is 0 Å². The average molecular weight is 464 g/mol. The summed E-state index contributed by atoms with van der Waals surface area (Å²) in [4.78, 5) is 12.1. The highest BCUT2D eigenvalue weighted by atomic mass is 19.2. The minimum atomic E-state index is -0.940. The molecule has 1 aliphatic heterocycles. The number of hydrogen-bond acceptors (Lipinski definition) is 4. The first-order valence-electron chi connectivity index (χ1n) is 11.1. The average Bonchev–Trinajstić information content (AvgIpc) is 3.27. The van der Waals surface area contributed by atoms with Crippen LogP contribution in [-0.4, -0.2) is 31.9 Å². The molecule has 34 heavy (non-hydrogen) atoms. The summed E-state index contributed by atoms with van der Waals surface area (Å²) in [7, 11) is 3.30. The van der Waals surface area contributed by atoms with Gasteiger partial charge in [0.15, 0.2) is 17.5 Å². The van der Waals surface area contributed by atoms with Crippen molar-refractivity contribution >= 4 is 23.3 Å². The molecule has 0 amide bonds. The van der Waals surface area contributed by atoms with Crippen LogP contribution >= 0.6 is 0 Å².